The number of ketones is 1. The van der Waals surface area contributed by atoms with Crippen LogP contribution in [-0.4, -0.2) is 22.6 Å². The molecule has 0 aliphatic heterocycles. The van der Waals surface area contributed by atoms with Gasteiger partial charge in [0, 0.05) is 22.6 Å². The molecule has 0 atom stereocenters. The number of nitrogens with one attached hydrogen (secondary N) is 1. The van der Waals surface area contributed by atoms with E-state index in [0.29, 0.717) is 17.9 Å². The molecule has 134 valence electrons. The van der Waals surface area contributed by atoms with Gasteiger partial charge >= 0.3 is 0 Å². The van der Waals surface area contributed by atoms with Gasteiger partial charge in [-0.25, -0.2) is 0 Å². The zero-order chi connectivity index (χ0) is 18.4. The lowest BCUT2D eigenvalue weighted by atomic mass is 10.1. The molecule has 0 radical (unpaired) electrons. The number of rotatable bonds is 8. The molecule has 0 saturated heterocycles. The Morgan fingerprint density at radius 2 is 2.00 bits per heavy atom. The summed E-state index contributed by atoms with van der Waals surface area (Å²) in [5.74, 6) is 1.51. The van der Waals surface area contributed by atoms with E-state index in [1.165, 1.54) is 11.3 Å². The molecule has 0 aliphatic carbocycles. The Balaban J connectivity index is 1.69. The van der Waals surface area contributed by atoms with Gasteiger partial charge in [-0.05, 0) is 44.2 Å². The fraction of sp³-hybridized carbons (Fsp3) is 0.211. The van der Waals surface area contributed by atoms with Crippen LogP contribution in [0.1, 0.15) is 29.8 Å². The first-order valence-corrected chi connectivity index (χ1v) is 10.0. The summed E-state index contributed by atoms with van der Waals surface area (Å²) in [5.41, 5.74) is 2.65. The van der Waals surface area contributed by atoms with E-state index >= 15 is 0 Å². The maximum Gasteiger partial charge on any atom is 0.210 e. The first-order chi connectivity index (χ1) is 12.7. The van der Waals surface area contributed by atoms with Crippen LogP contribution in [0.15, 0.2) is 52.9 Å². The number of anilines is 2. The number of carbonyl (C=O) groups is 1. The first kappa shape index (κ1) is 18.4. The second-order valence-electron chi connectivity index (χ2n) is 5.46. The molecule has 0 fully saturated rings. The average molecular weight is 386 g/mol. The second kappa shape index (κ2) is 8.82. The first-order valence-electron chi connectivity index (χ1n) is 8.20. The molecule has 5 nitrogen and oxygen atoms in total. The predicted molar refractivity (Wildman–Crippen MR) is 107 cm³/mol. The summed E-state index contributed by atoms with van der Waals surface area (Å²) in [5, 5.41) is 12.4. The number of Topliss-reactive ketones (excluding diaryl/α,β-unsaturated/α-hetero) is 1. The Hall–Kier alpha value is -2.38. The highest BCUT2D eigenvalue weighted by atomic mass is 32.2. The van der Waals surface area contributed by atoms with Gasteiger partial charge in [-0.2, -0.15) is 0 Å². The number of aromatic nitrogens is 2. The SMILES string of the molecule is CCOc1ccc(C(C)=O)cc1CSc1nnc(Nc2ccccc2)s1. The van der Waals surface area contributed by atoms with Crippen molar-refractivity contribution in [2.24, 2.45) is 0 Å². The van der Waals surface area contributed by atoms with Gasteiger partial charge in [0.05, 0.1) is 6.61 Å². The summed E-state index contributed by atoms with van der Waals surface area (Å²) in [7, 11) is 0. The summed E-state index contributed by atoms with van der Waals surface area (Å²) in [6, 6.07) is 15.4. The minimum absolute atomic E-state index is 0.0459. The number of hydrogen-bond donors (Lipinski definition) is 1. The molecule has 1 N–H and O–H groups in total. The standard InChI is InChI=1S/C19H19N3O2S2/c1-3-24-17-10-9-14(13(2)23)11-15(17)12-25-19-22-21-18(26-19)20-16-7-5-4-6-8-16/h4-11H,3,12H2,1-2H3,(H,20,21). The second-order valence-corrected chi connectivity index (χ2v) is 7.66. The number of para-hydroxylation sites is 1. The Morgan fingerprint density at radius 1 is 1.19 bits per heavy atom. The molecule has 7 heteroatoms. The number of carbonyl (C=O) groups excluding carboxylic acids is 1. The molecule has 0 spiro atoms. The molecule has 0 unspecified atom stereocenters. The van der Waals surface area contributed by atoms with Gasteiger partial charge < -0.3 is 10.1 Å². The molecule has 3 aromatic rings. The minimum atomic E-state index is 0.0459. The third-order valence-corrected chi connectivity index (χ3v) is 5.57. The van der Waals surface area contributed by atoms with Crippen LogP contribution in [0.25, 0.3) is 0 Å². The number of ether oxygens (including phenoxy) is 1. The third-order valence-electron chi connectivity index (χ3n) is 3.55. The van der Waals surface area contributed by atoms with Crippen LogP contribution in [0.4, 0.5) is 10.8 Å². The maximum atomic E-state index is 11.6. The fourth-order valence-corrected chi connectivity index (χ4v) is 4.06. The molecule has 0 amide bonds. The van der Waals surface area contributed by atoms with Crippen molar-refractivity contribution in [2.75, 3.05) is 11.9 Å². The summed E-state index contributed by atoms with van der Waals surface area (Å²) in [6.45, 7) is 4.10. The molecule has 0 bridgehead atoms. The molecular weight excluding hydrogens is 366 g/mol. The zero-order valence-corrected chi connectivity index (χ0v) is 16.2. The smallest absolute Gasteiger partial charge is 0.210 e. The lowest BCUT2D eigenvalue weighted by Crippen LogP contribution is -1.99. The van der Waals surface area contributed by atoms with Crippen LogP contribution < -0.4 is 10.1 Å². The van der Waals surface area contributed by atoms with Crippen molar-refractivity contribution >= 4 is 39.7 Å². The topological polar surface area (TPSA) is 64.1 Å². The zero-order valence-electron chi connectivity index (χ0n) is 14.6. The number of nitrogens with zero attached hydrogens (tertiary/aromatic N) is 2. The molecule has 0 aliphatic rings. The van der Waals surface area contributed by atoms with Crippen LogP contribution in [0.3, 0.4) is 0 Å². The molecule has 26 heavy (non-hydrogen) atoms. The van der Waals surface area contributed by atoms with Gasteiger partial charge in [-0.3, -0.25) is 4.79 Å². The molecule has 1 aromatic heterocycles. The molecule has 2 aromatic carbocycles. The van der Waals surface area contributed by atoms with Crippen LogP contribution >= 0.6 is 23.1 Å². The highest BCUT2D eigenvalue weighted by Gasteiger charge is 2.11. The van der Waals surface area contributed by atoms with Gasteiger partial charge in [0.2, 0.25) is 5.13 Å². The number of hydrogen-bond acceptors (Lipinski definition) is 7. The van der Waals surface area contributed by atoms with Gasteiger partial charge in [-0.1, -0.05) is 41.3 Å². The largest absolute Gasteiger partial charge is 0.494 e. The van der Waals surface area contributed by atoms with E-state index in [1.807, 2.05) is 49.4 Å². The van der Waals surface area contributed by atoms with Crippen LogP contribution in [0.5, 0.6) is 5.75 Å². The molecule has 1 heterocycles. The lowest BCUT2D eigenvalue weighted by Gasteiger charge is -2.10. The highest BCUT2D eigenvalue weighted by Crippen LogP contribution is 2.32. The van der Waals surface area contributed by atoms with E-state index < -0.39 is 0 Å². The van der Waals surface area contributed by atoms with Crippen LogP contribution in [0, 0.1) is 0 Å². The maximum absolute atomic E-state index is 11.6. The Kier molecular flexibility index (Phi) is 6.25. The summed E-state index contributed by atoms with van der Waals surface area (Å²) < 4.78 is 6.54. The highest BCUT2D eigenvalue weighted by molar-refractivity contribution is 8.00. The monoisotopic (exact) mass is 385 g/mol. The summed E-state index contributed by atoms with van der Waals surface area (Å²) >= 11 is 3.08. The van der Waals surface area contributed by atoms with E-state index in [-0.39, 0.29) is 5.78 Å². The van der Waals surface area contributed by atoms with Crippen LogP contribution in [0.2, 0.25) is 0 Å². The van der Waals surface area contributed by atoms with Gasteiger partial charge in [0.25, 0.3) is 0 Å². The number of thioether (sulfide) groups is 1. The van der Waals surface area contributed by atoms with Crippen molar-refractivity contribution in [1.29, 1.82) is 0 Å². The van der Waals surface area contributed by atoms with E-state index in [9.17, 15) is 4.79 Å². The minimum Gasteiger partial charge on any atom is -0.494 e. The predicted octanol–water partition coefficient (Wildman–Crippen LogP) is 5.18. The van der Waals surface area contributed by atoms with Gasteiger partial charge in [-0.15, -0.1) is 10.2 Å². The fourth-order valence-electron chi connectivity index (χ4n) is 2.31. The van der Waals surface area contributed by atoms with Crippen molar-refractivity contribution < 1.29 is 9.53 Å². The third kappa shape index (κ3) is 4.83. The summed E-state index contributed by atoms with van der Waals surface area (Å²) in [4.78, 5) is 11.6. The van der Waals surface area contributed by atoms with E-state index in [1.54, 1.807) is 24.8 Å². The molecule has 0 saturated carbocycles. The average Bonchev–Trinajstić information content (AvgIpc) is 3.09. The van der Waals surface area contributed by atoms with Crippen molar-refractivity contribution in [3.63, 3.8) is 0 Å². The van der Waals surface area contributed by atoms with Crippen molar-refractivity contribution in [2.45, 2.75) is 23.9 Å². The van der Waals surface area contributed by atoms with Crippen molar-refractivity contribution in [1.82, 2.24) is 10.2 Å². The molecular formula is C19H19N3O2S2. The Bertz CT molecular complexity index is 882. The summed E-state index contributed by atoms with van der Waals surface area (Å²) in [6.07, 6.45) is 0. The Morgan fingerprint density at radius 3 is 2.73 bits per heavy atom. The van der Waals surface area contributed by atoms with E-state index in [2.05, 4.69) is 15.5 Å². The quantitative estimate of drug-likeness (QED) is 0.426. The normalized spacial score (nSPS) is 10.5. The molecule has 3 rings (SSSR count). The van der Waals surface area contributed by atoms with E-state index in [4.69, 9.17) is 4.74 Å². The Labute approximate surface area is 160 Å². The number of benzene rings is 2. The van der Waals surface area contributed by atoms with Crippen LogP contribution in [-0.2, 0) is 5.75 Å². The van der Waals surface area contributed by atoms with E-state index in [0.717, 1.165) is 26.5 Å². The van der Waals surface area contributed by atoms with Crippen molar-refractivity contribution in [3.8, 4) is 5.75 Å². The van der Waals surface area contributed by atoms with Gasteiger partial charge in [0.15, 0.2) is 10.1 Å². The van der Waals surface area contributed by atoms with Gasteiger partial charge in [0.1, 0.15) is 5.75 Å². The van der Waals surface area contributed by atoms with Crippen molar-refractivity contribution in [3.05, 3.63) is 59.7 Å². The lowest BCUT2D eigenvalue weighted by molar-refractivity contribution is 0.101.